The minimum Gasteiger partial charge on any atom is -0.311 e. The molecule has 0 radical (unpaired) electrons. The summed E-state index contributed by atoms with van der Waals surface area (Å²) in [5, 5.41) is 10.2. The summed E-state index contributed by atoms with van der Waals surface area (Å²) in [6, 6.07) is 70.3. The number of benzene rings is 9. The third kappa shape index (κ3) is 4.50. The van der Waals surface area contributed by atoms with Crippen LogP contribution in [-0.2, 0) is 0 Å². The van der Waals surface area contributed by atoms with Gasteiger partial charge in [-0.15, -0.1) is 0 Å². The van der Waals surface area contributed by atoms with E-state index in [-0.39, 0.29) is 0 Å². The molecule has 2 heteroatoms. The van der Waals surface area contributed by atoms with Crippen LogP contribution in [0.5, 0.6) is 0 Å². The van der Waals surface area contributed by atoms with E-state index in [0.717, 1.165) is 22.7 Å². The van der Waals surface area contributed by atoms with Crippen molar-refractivity contribution >= 4 is 71.2 Å². The summed E-state index contributed by atoms with van der Waals surface area (Å²) in [7, 11) is 0. The van der Waals surface area contributed by atoms with E-state index in [1.807, 2.05) is 0 Å². The maximum absolute atomic E-state index is 2.48. The number of hydrogen-bond donors (Lipinski definition) is 0. The van der Waals surface area contributed by atoms with Gasteiger partial charge in [-0.3, -0.25) is 0 Å². The lowest BCUT2D eigenvalue weighted by molar-refractivity contribution is 1.18. The Morgan fingerprint density at radius 1 is 0.340 bits per heavy atom. The van der Waals surface area contributed by atoms with Crippen LogP contribution in [0.1, 0.15) is 0 Å². The Hall–Kier alpha value is -6.64. The predicted octanol–water partition coefficient (Wildman–Crippen LogP) is 13.4. The summed E-state index contributed by atoms with van der Waals surface area (Å²) >= 11 is 0. The lowest BCUT2D eigenvalue weighted by atomic mass is 9.96. The van der Waals surface area contributed by atoms with E-state index in [9.17, 15) is 0 Å². The molecule has 234 valence electrons. The number of anilines is 3. The number of rotatable bonds is 5. The van der Waals surface area contributed by atoms with E-state index in [1.165, 1.54) is 65.3 Å². The molecule has 10 rings (SSSR count). The molecular weight excluding hydrogens is 605 g/mol. The molecule has 0 aliphatic rings. The molecule has 0 atom stereocenters. The molecule has 0 amide bonds. The van der Waals surface area contributed by atoms with Crippen molar-refractivity contribution < 1.29 is 0 Å². The normalized spacial score (nSPS) is 11.6. The predicted molar refractivity (Wildman–Crippen MR) is 213 cm³/mol. The van der Waals surface area contributed by atoms with Crippen LogP contribution >= 0.6 is 0 Å². The zero-order chi connectivity index (χ0) is 33.0. The average Bonchev–Trinajstić information content (AvgIpc) is 3.53. The minimum atomic E-state index is 1.11. The zero-order valence-corrected chi connectivity index (χ0v) is 27.4. The highest BCUT2D eigenvalue weighted by Crippen LogP contribution is 2.44. The summed E-state index contributed by atoms with van der Waals surface area (Å²) in [6.45, 7) is 0. The molecule has 0 spiro atoms. The van der Waals surface area contributed by atoms with Crippen molar-refractivity contribution in [1.29, 1.82) is 0 Å². The zero-order valence-electron chi connectivity index (χ0n) is 27.4. The highest BCUT2D eigenvalue weighted by molar-refractivity contribution is 6.32. The van der Waals surface area contributed by atoms with Crippen molar-refractivity contribution in [2.24, 2.45) is 0 Å². The van der Waals surface area contributed by atoms with Crippen molar-refractivity contribution in [3.8, 4) is 16.8 Å². The topological polar surface area (TPSA) is 8.17 Å². The van der Waals surface area contributed by atoms with Crippen LogP contribution in [0.2, 0.25) is 0 Å². The molecule has 0 N–H and O–H groups in total. The van der Waals surface area contributed by atoms with E-state index in [0.29, 0.717) is 0 Å². The molecule has 0 saturated carbocycles. The van der Waals surface area contributed by atoms with Crippen LogP contribution < -0.4 is 4.90 Å². The second-order valence-electron chi connectivity index (χ2n) is 13.0. The SMILES string of the molecule is c1ccc(-c2ccc(N(c3ccccc3)c3ccc(-n4c5cc6ccccc6cc5c5c6ccccc6c6ccccc6c54)cc3)cc2)cc1. The van der Waals surface area contributed by atoms with Crippen molar-refractivity contribution in [3.63, 3.8) is 0 Å². The van der Waals surface area contributed by atoms with Crippen molar-refractivity contribution in [1.82, 2.24) is 4.57 Å². The summed E-state index contributed by atoms with van der Waals surface area (Å²) in [4.78, 5) is 2.33. The van der Waals surface area contributed by atoms with E-state index in [2.05, 4.69) is 204 Å². The molecular formula is C48H32N2. The Morgan fingerprint density at radius 3 is 1.50 bits per heavy atom. The van der Waals surface area contributed by atoms with Crippen molar-refractivity contribution in [2.45, 2.75) is 0 Å². The van der Waals surface area contributed by atoms with Crippen LogP contribution in [-0.4, -0.2) is 4.57 Å². The molecule has 0 fully saturated rings. The number of para-hydroxylation sites is 1. The first-order valence-electron chi connectivity index (χ1n) is 17.2. The fourth-order valence-corrected chi connectivity index (χ4v) is 7.84. The van der Waals surface area contributed by atoms with Crippen molar-refractivity contribution in [2.75, 3.05) is 4.90 Å². The largest absolute Gasteiger partial charge is 0.311 e. The highest BCUT2D eigenvalue weighted by Gasteiger charge is 2.20. The lowest BCUT2D eigenvalue weighted by Gasteiger charge is -2.26. The van der Waals surface area contributed by atoms with Gasteiger partial charge in [-0.25, -0.2) is 0 Å². The smallest absolute Gasteiger partial charge is 0.0625 e. The van der Waals surface area contributed by atoms with Gasteiger partial charge in [0, 0.05) is 38.9 Å². The van der Waals surface area contributed by atoms with Crippen LogP contribution in [0.4, 0.5) is 17.1 Å². The van der Waals surface area contributed by atoms with Gasteiger partial charge in [0.2, 0.25) is 0 Å². The maximum Gasteiger partial charge on any atom is 0.0625 e. The first-order chi connectivity index (χ1) is 24.8. The van der Waals surface area contributed by atoms with Crippen LogP contribution in [0.3, 0.4) is 0 Å². The Labute approximate surface area is 290 Å². The average molecular weight is 637 g/mol. The van der Waals surface area contributed by atoms with Gasteiger partial charge in [-0.1, -0.05) is 133 Å². The number of hydrogen-bond acceptors (Lipinski definition) is 1. The van der Waals surface area contributed by atoms with Gasteiger partial charge >= 0.3 is 0 Å². The van der Waals surface area contributed by atoms with E-state index in [4.69, 9.17) is 0 Å². The van der Waals surface area contributed by atoms with E-state index < -0.39 is 0 Å². The standard InChI is InChI=1S/C48H32N2/c1-3-13-33(14-4-1)34-23-25-38(26-24-34)49(37-17-5-2-6-18-37)39-27-29-40(30-28-39)50-46-32-36-16-8-7-15-35(36)31-45(46)47-43-21-11-9-19-41(43)42-20-10-12-22-44(42)48(47)50/h1-32H. The number of aromatic nitrogens is 1. The quantitative estimate of drug-likeness (QED) is 0.171. The fraction of sp³-hybridized carbons (Fsp3) is 0. The second-order valence-corrected chi connectivity index (χ2v) is 13.0. The van der Waals surface area contributed by atoms with Gasteiger partial charge < -0.3 is 9.47 Å². The molecule has 0 aliphatic heterocycles. The van der Waals surface area contributed by atoms with Crippen molar-refractivity contribution in [3.05, 3.63) is 194 Å². The van der Waals surface area contributed by atoms with Gasteiger partial charge in [0.25, 0.3) is 0 Å². The van der Waals surface area contributed by atoms with E-state index in [1.54, 1.807) is 0 Å². The first-order valence-corrected chi connectivity index (χ1v) is 17.2. The molecule has 2 nitrogen and oxygen atoms in total. The molecule has 10 aromatic rings. The lowest BCUT2D eigenvalue weighted by Crippen LogP contribution is -2.10. The Kier molecular flexibility index (Phi) is 6.53. The monoisotopic (exact) mass is 636 g/mol. The van der Waals surface area contributed by atoms with E-state index >= 15 is 0 Å². The highest BCUT2D eigenvalue weighted by atomic mass is 15.1. The van der Waals surface area contributed by atoms with Gasteiger partial charge in [0.15, 0.2) is 0 Å². The molecule has 1 heterocycles. The number of nitrogens with zero attached hydrogens (tertiary/aromatic N) is 2. The first kappa shape index (κ1) is 28.4. The molecule has 1 aromatic heterocycles. The molecule has 9 aromatic carbocycles. The fourth-order valence-electron chi connectivity index (χ4n) is 7.84. The number of fused-ring (bicyclic) bond motifs is 9. The summed E-state index contributed by atoms with van der Waals surface area (Å²) in [5.74, 6) is 0. The molecule has 0 unspecified atom stereocenters. The van der Waals surface area contributed by atoms with Gasteiger partial charge in [0.05, 0.1) is 11.0 Å². The van der Waals surface area contributed by atoms with Crippen LogP contribution in [0.25, 0.3) is 70.9 Å². The Bertz CT molecular complexity index is 2830. The molecule has 0 aliphatic carbocycles. The summed E-state index contributed by atoms with van der Waals surface area (Å²) in [5.41, 5.74) is 9.35. The molecule has 0 saturated heterocycles. The molecule has 50 heavy (non-hydrogen) atoms. The third-order valence-corrected chi connectivity index (χ3v) is 10.1. The van der Waals surface area contributed by atoms with Crippen LogP contribution in [0.15, 0.2) is 194 Å². The van der Waals surface area contributed by atoms with Crippen LogP contribution in [0, 0.1) is 0 Å². The second kappa shape index (κ2) is 11.5. The molecule has 0 bridgehead atoms. The third-order valence-electron chi connectivity index (χ3n) is 10.1. The van der Waals surface area contributed by atoms with Gasteiger partial charge in [-0.05, 0) is 98.7 Å². The summed E-state index contributed by atoms with van der Waals surface area (Å²) < 4.78 is 2.48. The minimum absolute atomic E-state index is 1.11. The summed E-state index contributed by atoms with van der Waals surface area (Å²) in [6.07, 6.45) is 0. The Morgan fingerprint density at radius 2 is 0.820 bits per heavy atom. The van der Waals surface area contributed by atoms with Gasteiger partial charge in [0.1, 0.15) is 0 Å². The maximum atomic E-state index is 2.48. The van der Waals surface area contributed by atoms with Gasteiger partial charge in [-0.2, -0.15) is 0 Å². The Balaban J connectivity index is 1.19.